The van der Waals surface area contributed by atoms with Gasteiger partial charge < -0.3 is 10.2 Å². The van der Waals surface area contributed by atoms with Gasteiger partial charge in [0.2, 0.25) is 11.8 Å². The molecule has 0 aromatic heterocycles. The molecule has 9 heteroatoms. The summed E-state index contributed by atoms with van der Waals surface area (Å²) in [7, 11) is -3.96. The van der Waals surface area contributed by atoms with Crippen molar-refractivity contribution >= 4 is 27.7 Å². The van der Waals surface area contributed by atoms with Crippen LogP contribution in [-0.4, -0.2) is 53.5 Å². The van der Waals surface area contributed by atoms with Crippen LogP contribution in [0.4, 0.5) is 0 Å². The van der Waals surface area contributed by atoms with E-state index in [9.17, 15) is 22.8 Å². The summed E-state index contributed by atoms with van der Waals surface area (Å²) in [4.78, 5) is 42.0. The van der Waals surface area contributed by atoms with E-state index < -0.39 is 27.5 Å². The standard InChI is InChI=1S/C32H37N3O5S/c1-23-13-8-9-16-25(23)22-34(27(30(37)33-32(2,3)4)21-24-14-6-5-7-15-24)29(36)19-12-20-35-31(38)26-17-10-11-18-28(26)41(35,39)40/h5-11,13-18,27H,12,19-22H2,1-4H3,(H,33,37). The Morgan fingerprint density at radius 1 is 0.927 bits per heavy atom. The number of hydrogen-bond donors (Lipinski definition) is 1. The van der Waals surface area contributed by atoms with Gasteiger partial charge in [-0.1, -0.05) is 66.7 Å². The minimum absolute atomic E-state index is 0.0146. The molecule has 1 unspecified atom stereocenters. The van der Waals surface area contributed by atoms with Crippen molar-refractivity contribution in [3.8, 4) is 0 Å². The van der Waals surface area contributed by atoms with E-state index in [0.717, 1.165) is 21.0 Å². The molecule has 1 heterocycles. The van der Waals surface area contributed by atoms with Crippen LogP contribution in [0.25, 0.3) is 0 Å². The number of carbonyl (C=O) groups is 3. The Morgan fingerprint density at radius 2 is 1.56 bits per heavy atom. The summed E-state index contributed by atoms with van der Waals surface area (Å²) in [6.07, 6.45) is 0.408. The first-order chi connectivity index (χ1) is 19.4. The molecular weight excluding hydrogens is 538 g/mol. The number of carbonyl (C=O) groups excluding carboxylic acids is 3. The molecule has 0 spiro atoms. The Kier molecular flexibility index (Phi) is 8.97. The van der Waals surface area contributed by atoms with Crippen LogP contribution in [0.5, 0.6) is 0 Å². The SMILES string of the molecule is Cc1ccccc1CN(C(=O)CCCN1C(=O)c2ccccc2S1(=O)=O)C(Cc1ccccc1)C(=O)NC(C)(C)C. The van der Waals surface area contributed by atoms with Gasteiger partial charge in [0.1, 0.15) is 10.9 Å². The minimum atomic E-state index is -3.96. The molecule has 1 aliphatic heterocycles. The van der Waals surface area contributed by atoms with Crippen molar-refractivity contribution in [1.82, 2.24) is 14.5 Å². The van der Waals surface area contributed by atoms with Crippen molar-refractivity contribution in [3.05, 3.63) is 101 Å². The Morgan fingerprint density at radius 3 is 2.22 bits per heavy atom. The number of sulfonamides is 1. The van der Waals surface area contributed by atoms with Gasteiger partial charge in [0.05, 0.1) is 5.56 Å². The summed E-state index contributed by atoms with van der Waals surface area (Å²) in [5.74, 6) is -1.15. The van der Waals surface area contributed by atoms with Crippen molar-refractivity contribution in [2.45, 2.75) is 70.0 Å². The average molecular weight is 576 g/mol. The van der Waals surface area contributed by atoms with Crippen LogP contribution < -0.4 is 5.32 Å². The lowest BCUT2D eigenvalue weighted by atomic mass is 9.99. The highest BCUT2D eigenvalue weighted by Crippen LogP contribution is 2.30. The third kappa shape index (κ3) is 7.03. The fraction of sp³-hybridized carbons (Fsp3) is 0.344. The van der Waals surface area contributed by atoms with Crippen LogP contribution in [0.3, 0.4) is 0 Å². The fourth-order valence-electron chi connectivity index (χ4n) is 4.95. The van der Waals surface area contributed by atoms with Gasteiger partial charge in [-0.25, -0.2) is 12.7 Å². The second-order valence-electron chi connectivity index (χ2n) is 11.4. The molecule has 0 radical (unpaired) electrons. The summed E-state index contributed by atoms with van der Waals surface area (Å²) in [6.45, 7) is 7.72. The van der Waals surface area contributed by atoms with Gasteiger partial charge in [-0.3, -0.25) is 14.4 Å². The molecule has 0 saturated heterocycles. The van der Waals surface area contributed by atoms with E-state index in [0.29, 0.717) is 6.42 Å². The highest BCUT2D eigenvalue weighted by atomic mass is 32.2. The third-order valence-electron chi connectivity index (χ3n) is 7.04. The number of hydrogen-bond acceptors (Lipinski definition) is 5. The van der Waals surface area contributed by atoms with Crippen LogP contribution in [0.15, 0.2) is 83.8 Å². The Hall–Kier alpha value is -3.98. The van der Waals surface area contributed by atoms with E-state index in [1.54, 1.807) is 17.0 Å². The monoisotopic (exact) mass is 575 g/mol. The van der Waals surface area contributed by atoms with Gasteiger partial charge in [0.25, 0.3) is 15.9 Å². The summed E-state index contributed by atoms with van der Waals surface area (Å²) < 4.78 is 26.8. The normalized spacial score (nSPS) is 14.8. The zero-order valence-corrected chi connectivity index (χ0v) is 24.8. The maximum Gasteiger partial charge on any atom is 0.269 e. The first-order valence-electron chi connectivity index (χ1n) is 13.7. The topological polar surface area (TPSA) is 104 Å². The molecule has 3 amide bonds. The first kappa shape index (κ1) is 30.0. The van der Waals surface area contributed by atoms with Gasteiger partial charge >= 0.3 is 0 Å². The molecule has 216 valence electrons. The van der Waals surface area contributed by atoms with Crippen LogP contribution in [0.1, 0.15) is 60.7 Å². The van der Waals surface area contributed by atoms with E-state index in [2.05, 4.69) is 5.32 Å². The van der Waals surface area contributed by atoms with Crippen LogP contribution in [0, 0.1) is 6.92 Å². The van der Waals surface area contributed by atoms with Gasteiger partial charge in [-0.15, -0.1) is 0 Å². The van der Waals surface area contributed by atoms with E-state index in [1.165, 1.54) is 12.1 Å². The lowest BCUT2D eigenvalue weighted by Crippen LogP contribution is -2.54. The highest BCUT2D eigenvalue weighted by Gasteiger charge is 2.40. The maximum atomic E-state index is 13.9. The highest BCUT2D eigenvalue weighted by molar-refractivity contribution is 7.90. The van der Waals surface area contributed by atoms with E-state index in [1.807, 2.05) is 82.3 Å². The Labute approximate surface area is 242 Å². The predicted molar refractivity (Wildman–Crippen MR) is 157 cm³/mol. The molecule has 3 aromatic rings. The molecule has 41 heavy (non-hydrogen) atoms. The Bertz CT molecular complexity index is 1530. The zero-order valence-electron chi connectivity index (χ0n) is 24.0. The summed E-state index contributed by atoms with van der Waals surface area (Å²) >= 11 is 0. The minimum Gasteiger partial charge on any atom is -0.350 e. The third-order valence-corrected chi connectivity index (χ3v) is 8.88. The number of nitrogens with zero attached hydrogens (tertiary/aromatic N) is 2. The van der Waals surface area contributed by atoms with Crippen LogP contribution in [-0.2, 0) is 32.6 Å². The van der Waals surface area contributed by atoms with Gasteiger partial charge in [0.15, 0.2) is 0 Å². The largest absolute Gasteiger partial charge is 0.350 e. The predicted octanol–water partition coefficient (Wildman–Crippen LogP) is 4.47. The average Bonchev–Trinajstić information content (AvgIpc) is 3.11. The van der Waals surface area contributed by atoms with Crippen molar-refractivity contribution in [1.29, 1.82) is 0 Å². The molecule has 1 N–H and O–H groups in total. The second-order valence-corrected chi connectivity index (χ2v) is 13.2. The molecule has 4 rings (SSSR count). The van der Waals surface area contributed by atoms with Crippen molar-refractivity contribution in [3.63, 3.8) is 0 Å². The second kappa shape index (κ2) is 12.3. The number of benzene rings is 3. The molecule has 8 nitrogen and oxygen atoms in total. The van der Waals surface area contributed by atoms with E-state index in [-0.39, 0.29) is 48.2 Å². The quantitative estimate of drug-likeness (QED) is 0.384. The number of fused-ring (bicyclic) bond motifs is 1. The smallest absolute Gasteiger partial charge is 0.269 e. The number of aryl methyl sites for hydroxylation is 1. The lowest BCUT2D eigenvalue weighted by Gasteiger charge is -2.34. The van der Waals surface area contributed by atoms with Crippen LogP contribution in [0.2, 0.25) is 0 Å². The summed E-state index contributed by atoms with van der Waals surface area (Å²) in [6, 6.07) is 22.6. The summed E-state index contributed by atoms with van der Waals surface area (Å²) in [5.41, 5.74) is 2.45. The molecule has 1 aliphatic rings. The maximum absolute atomic E-state index is 13.9. The number of nitrogens with one attached hydrogen (secondary N) is 1. The lowest BCUT2D eigenvalue weighted by molar-refractivity contribution is -0.142. The zero-order chi connectivity index (χ0) is 29.8. The van der Waals surface area contributed by atoms with Crippen LogP contribution >= 0.6 is 0 Å². The molecule has 0 bridgehead atoms. The molecule has 0 aliphatic carbocycles. The molecular formula is C32H37N3O5S. The molecule has 0 fully saturated rings. The molecule has 1 atom stereocenters. The van der Waals surface area contributed by atoms with Crippen molar-refractivity contribution in [2.24, 2.45) is 0 Å². The van der Waals surface area contributed by atoms with Gasteiger partial charge in [-0.05, 0) is 62.9 Å². The summed E-state index contributed by atoms with van der Waals surface area (Å²) in [5, 5.41) is 3.04. The van der Waals surface area contributed by atoms with Crippen molar-refractivity contribution < 1.29 is 22.8 Å². The Balaban J connectivity index is 1.59. The van der Waals surface area contributed by atoms with E-state index >= 15 is 0 Å². The van der Waals surface area contributed by atoms with E-state index in [4.69, 9.17) is 0 Å². The van der Waals surface area contributed by atoms with Gasteiger partial charge in [-0.2, -0.15) is 0 Å². The number of amides is 3. The van der Waals surface area contributed by atoms with Gasteiger partial charge in [0, 0.05) is 31.5 Å². The number of rotatable bonds is 10. The first-order valence-corrected chi connectivity index (χ1v) is 15.2. The molecule has 3 aromatic carbocycles. The fourth-order valence-corrected chi connectivity index (χ4v) is 6.55. The van der Waals surface area contributed by atoms with Crippen molar-refractivity contribution in [2.75, 3.05) is 6.54 Å². The molecule has 0 saturated carbocycles.